The number of amidine groups is 2. The first kappa shape index (κ1) is 26.6. The first-order valence-corrected chi connectivity index (χ1v) is 14.2. The number of ether oxygens (including phenoxy) is 2. The lowest BCUT2D eigenvalue weighted by molar-refractivity contribution is -0.114. The van der Waals surface area contributed by atoms with E-state index in [1.54, 1.807) is 6.08 Å². The summed E-state index contributed by atoms with van der Waals surface area (Å²) in [6.45, 7) is 7.48. The summed E-state index contributed by atoms with van der Waals surface area (Å²) in [5, 5.41) is 16.8. The highest BCUT2D eigenvalue weighted by molar-refractivity contribution is 8.27. The van der Waals surface area contributed by atoms with Gasteiger partial charge in [-0.25, -0.2) is 0 Å². The van der Waals surface area contributed by atoms with Gasteiger partial charge in [-0.2, -0.15) is 15.1 Å². The molecule has 9 heteroatoms. The Labute approximate surface area is 242 Å². The number of carbonyl (C=O) groups excluding carboxylic acids is 1. The van der Waals surface area contributed by atoms with Crippen LogP contribution in [0.3, 0.4) is 0 Å². The fourth-order valence-electron chi connectivity index (χ4n) is 5.09. The maximum atomic E-state index is 13.1. The zero-order valence-electron chi connectivity index (χ0n) is 23.0. The van der Waals surface area contributed by atoms with E-state index in [1.165, 1.54) is 16.8 Å². The van der Waals surface area contributed by atoms with E-state index < -0.39 is 5.91 Å². The molecule has 0 radical (unpaired) electrons. The predicted octanol–water partition coefficient (Wildman–Crippen LogP) is 6.34. The molecule has 41 heavy (non-hydrogen) atoms. The van der Waals surface area contributed by atoms with Crippen LogP contribution in [-0.2, 0) is 11.3 Å². The molecular formula is C32H29N5O3S. The van der Waals surface area contributed by atoms with Crippen LogP contribution < -0.4 is 9.47 Å². The van der Waals surface area contributed by atoms with Crippen LogP contribution in [0.2, 0.25) is 0 Å². The highest BCUT2D eigenvalue weighted by atomic mass is 32.2. The number of aliphatic imine (C=N–C) groups is 1. The van der Waals surface area contributed by atoms with Crippen LogP contribution in [0.5, 0.6) is 11.5 Å². The molecule has 8 nitrogen and oxygen atoms in total. The van der Waals surface area contributed by atoms with Gasteiger partial charge in [-0.05, 0) is 67.9 Å². The molecular weight excluding hydrogens is 534 g/mol. The summed E-state index contributed by atoms with van der Waals surface area (Å²) >= 11 is 1.24. The molecule has 3 aromatic carbocycles. The Morgan fingerprint density at radius 1 is 0.927 bits per heavy atom. The smallest absolute Gasteiger partial charge is 0.283 e. The minimum Gasteiger partial charge on any atom is -0.491 e. The molecule has 0 saturated carbocycles. The van der Waals surface area contributed by atoms with Crippen LogP contribution in [0.1, 0.15) is 22.4 Å². The average molecular weight is 564 g/mol. The Balaban J connectivity index is 1.26. The van der Waals surface area contributed by atoms with Crippen LogP contribution in [0, 0.1) is 26.2 Å². The summed E-state index contributed by atoms with van der Waals surface area (Å²) in [6, 6.07) is 23.7. The van der Waals surface area contributed by atoms with Crippen molar-refractivity contribution in [2.45, 2.75) is 27.3 Å². The fourth-order valence-corrected chi connectivity index (χ4v) is 5.89. The molecule has 2 aliphatic heterocycles. The molecule has 0 aliphatic carbocycles. The number of hydrogen-bond acceptors (Lipinski definition) is 6. The Bertz CT molecular complexity index is 1750. The van der Waals surface area contributed by atoms with Crippen LogP contribution in [0.25, 0.3) is 17.0 Å². The number of amides is 1. The first-order valence-electron chi connectivity index (χ1n) is 13.3. The van der Waals surface area contributed by atoms with Gasteiger partial charge in [-0.3, -0.25) is 10.2 Å². The number of fused-ring (bicyclic) bond motifs is 2. The lowest BCUT2D eigenvalue weighted by Gasteiger charge is -2.20. The van der Waals surface area contributed by atoms with E-state index in [9.17, 15) is 4.79 Å². The van der Waals surface area contributed by atoms with Crippen molar-refractivity contribution in [2.75, 3.05) is 13.2 Å². The van der Waals surface area contributed by atoms with Crippen LogP contribution in [-0.4, -0.2) is 44.7 Å². The molecule has 0 atom stereocenters. The molecule has 206 valence electrons. The normalized spacial score (nSPS) is 15.8. The quantitative estimate of drug-likeness (QED) is 0.253. The minimum absolute atomic E-state index is 0.00296. The minimum atomic E-state index is -0.455. The number of aryl methyl sites for hydroxylation is 2. The second-order valence-electron chi connectivity index (χ2n) is 9.85. The summed E-state index contributed by atoms with van der Waals surface area (Å²) in [4.78, 5) is 17.4. The second kappa shape index (κ2) is 11.1. The lowest BCUT2D eigenvalue weighted by Crippen LogP contribution is -2.35. The van der Waals surface area contributed by atoms with Crippen molar-refractivity contribution < 1.29 is 14.3 Å². The van der Waals surface area contributed by atoms with E-state index in [4.69, 9.17) is 14.9 Å². The van der Waals surface area contributed by atoms with Crippen molar-refractivity contribution in [3.63, 3.8) is 0 Å². The number of benzene rings is 3. The monoisotopic (exact) mass is 563 g/mol. The molecule has 0 bridgehead atoms. The van der Waals surface area contributed by atoms with Crippen LogP contribution >= 0.6 is 11.8 Å². The predicted molar refractivity (Wildman–Crippen MR) is 165 cm³/mol. The van der Waals surface area contributed by atoms with Crippen molar-refractivity contribution in [1.29, 1.82) is 5.41 Å². The third-order valence-corrected chi connectivity index (χ3v) is 8.02. The molecule has 0 fully saturated rings. The Hall–Kier alpha value is -4.63. The summed E-state index contributed by atoms with van der Waals surface area (Å²) in [7, 11) is 0. The zero-order valence-corrected chi connectivity index (χ0v) is 23.9. The fraction of sp³-hybridized carbons (Fsp3) is 0.188. The summed E-state index contributed by atoms with van der Waals surface area (Å²) in [5.41, 5.74) is 5.31. The Morgan fingerprint density at radius 2 is 1.66 bits per heavy atom. The third kappa shape index (κ3) is 5.16. The van der Waals surface area contributed by atoms with Crippen molar-refractivity contribution in [3.8, 4) is 11.5 Å². The van der Waals surface area contributed by atoms with Crippen molar-refractivity contribution in [2.24, 2.45) is 10.1 Å². The Morgan fingerprint density at radius 3 is 2.44 bits per heavy atom. The van der Waals surface area contributed by atoms with Gasteiger partial charge in [0.2, 0.25) is 5.17 Å². The number of nitrogens with one attached hydrogen (secondary N) is 1. The van der Waals surface area contributed by atoms with Crippen molar-refractivity contribution >= 4 is 50.7 Å². The molecule has 1 amide bonds. The number of aromatic nitrogens is 1. The van der Waals surface area contributed by atoms with Gasteiger partial charge in [0.25, 0.3) is 5.91 Å². The standard InChI is InChI=1S/C32H29N5O3S/c1-20-10-9-11-21(2)29(20)39-17-16-36-22(3)25(24-14-7-8-15-27(24)36)18-26-30(33)37-32(34-31(26)38)41-28(35-37)19-40-23-12-5-4-6-13-23/h4-15,18,33H,16-17,19H2,1-3H3/b26-18-,33-30?. The summed E-state index contributed by atoms with van der Waals surface area (Å²) in [6.07, 6.45) is 1.77. The van der Waals surface area contributed by atoms with E-state index >= 15 is 0 Å². The molecule has 1 N–H and O–H groups in total. The molecule has 4 aromatic rings. The number of hydrogen-bond donors (Lipinski definition) is 1. The second-order valence-corrected chi connectivity index (χ2v) is 10.9. The number of hydrazone groups is 1. The summed E-state index contributed by atoms with van der Waals surface area (Å²) in [5.74, 6) is 1.18. The number of para-hydroxylation sites is 3. The number of rotatable bonds is 8. The van der Waals surface area contributed by atoms with E-state index in [2.05, 4.69) is 46.7 Å². The molecule has 6 rings (SSSR count). The molecule has 1 aromatic heterocycles. The molecule has 0 spiro atoms. The van der Waals surface area contributed by atoms with Gasteiger partial charge >= 0.3 is 0 Å². The number of thioether (sulfide) groups is 1. The Kier molecular flexibility index (Phi) is 7.19. The first-order chi connectivity index (χ1) is 19.9. The zero-order chi connectivity index (χ0) is 28.5. The van der Waals surface area contributed by atoms with E-state index in [-0.39, 0.29) is 18.0 Å². The van der Waals surface area contributed by atoms with Crippen molar-refractivity contribution in [3.05, 3.63) is 101 Å². The van der Waals surface area contributed by atoms with E-state index in [0.29, 0.717) is 23.4 Å². The van der Waals surface area contributed by atoms with Gasteiger partial charge in [0.15, 0.2) is 5.84 Å². The highest BCUT2D eigenvalue weighted by Gasteiger charge is 2.36. The van der Waals surface area contributed by atoms with E-state index in [0.717, 1.165) is 44.8 Å². The van der Waals surface area contributed by atoms with Gasteiger partial charge in [0.1, 0.15) is 29.8 Å². The SMILES string of the molecule is Cc1cccc(C)c1OCCn1c(C)c(/C=C2/C(=N)N3N=C(COc4ccccc4)SC3=NC2=O)c2ccccc21. The number of nitrogens with zero attached hydrogens (tertiary/aromatic N) is 4. The van der Waals surface area contributed by atoms with Gasteiger partial charge in [-0.1, -0.05) is 54.6 Å². The lowest BCUT2D eigenvalue weighted by atomic mass is 10.1. The van der Waals surface area contributed by atoms with Gasteiger partial charge in [0.05, 0.1) is 12.1 Å². The number of carbonyl (C=O) groups is 1. The van der Waals surface area contributed by atoms with Gasteiger partial charge in [-0.15, -0.1) is 0 Å². The highest BCUT2D eigenvalue weighted by Crippen LogP contribution is 2.32. The topological polar surface area (TPSA) is 92.3 Å². The van der Waals surface area contributed by atoms with Crippen molar-refractivity contribution in [1.82, 2.24) is 9.58 Å². The summed E-state index contributed by atoms with van der Waals surface area (Å²) < 4.78 is 14.2. The third-order valence-electron chi connectivity index (χ3n) is 7.14. The van der Waals surface area contributed by atoms with Crippen LogP contribution in [0.4, 0.5) is 0 Å². The molecule has 3 heterocycles. The maximum absolute atomic E-state index is 13.1. The average Bonchev–Trinajstić information content (AvgIpc) is 3.50. The van der Waals surface area contributed by atoms with Crippen LogP contribution in [0.15, 0.2) is 88.5 Å². The van der Waals surface area contributed by atoms with E-state index in [1.807, 2.05) is 61.5 Å². The molecule has 0 unspecified atom stereocenters. The molecule has 2 aliphatic rings. The largest absolute Gasteiger partial charge is 0.491 e. The maximum Gasteiger partial charge on any atom is 0.283 e. The van der Waals surface area contributed by atoms with Gasteiger partial charge < -0.3 is 14.0 Å². The molecule has 0 saturated heterocycles. The van der Waals surface area contributed by atoms with Gasteiger partial charge in [0, 0.05) is 22.2 Å².